The zero-order chi connectivity index (χ0) is 15.5. The van der Waals surface area contributed by atoms with Crippen molar-refractivity contribution >= 4 is 21.8 Å². The summed E-state index contributed by atoms with van der Waals surface area (Å²) in [6, 6.07) is 5.19. The van der Waals surface area contributed by atoms with Crippen LogP contribution in [0.5, 0.6) is 0 Å². The van der Waals surface area contributed by atoms with E-state index in [4.69, 9.17) is 5.73 Å². The van der Waals surface area contributed by atoms with E-state index in [9.17, 15) is 8.42 Å². The summed E-state index contributed by atoms with van der Waals surface area (Å²) in [5.74, 6) is 5.61. The summed E-state index contributed by atoms with van der Waals surface area (Å²) in [6.07, 6.45) is 4.16. The molecule has 0 spiro atoms. The predicted octanol–water partition coefficient (Wildman–Crippen LogP) is 1.48. The zero-order valence-electron chi connectivity index (χ0n) is 12.3. The van der Waals surface area contributed by atoms with Gasteiger partial charge in [0, 0.05) is 16.9 Å². The van der Waals surface area contributed by atoms with Crippen molar-refractivity contribution in [3.05, 3.63) is 29.3 Å². The minimum atomic E-state index is -3.50. The third-order valence-corrected chi connectivity index (χ3v) is 6.60. The number of hydrogen-bond acceptors (Lipinski definition) is 4. The Bertz CT molecular complexity index is 683. The van der Waals surface area contributed by atoms with E-state index in [1.165, 1.54) is 0 Å². The molecule has 1 aromatic rings. The van der Waals surface area contributed by atoms with Crippen molar-refractivity contribution in [1.29, 1.82) is 0 Å². The minimum absolute atomic E-state index is 0.0952. The van der Waals surface area contributed by atoms with Gasteiger partial charge in [-0.25, -0.2) is 13.1 Å². The van der Waals surface area contributed by atoms with E-state index >= 15 is 0 Å². The van der Waals surface area contributed by atoms with Gasteiger partial charge < -0.3 is 5.73 Å². The Kier molecular flexibility index (Phi) is 4.99. The third-order valence-electron chi connectivity index (χ3n) is 3.64. The van der Waals surface area contributed by atoms with Crippen LogP contribution in [0.25, 0.3) is 0 Å². The number of rotatable bonds is 5. The molecule has 21 heavy (non-hydrogen) atoms. The van der Waals surface area contributed by atoms with Crippen LogP contribution in [-0.4, -0.2) is 32.5 Å². The van der Waals surface area contributed by atoms with Crippen molar-refractivity contribution in [3.63, 3.8) is 0 Å². The number of hydrogen-bond donors (Lipinski definition) is 2. The van der Waals surface area contributed by atoms with Crippen LogP contribution in [0.1, 0.15) is 24.0 Å². The topological polar surface area (TPSA) is 72.2 Å². The maximum absolute atomic E-state index is 12.5. The Hall–Kier alpha value is -1.00. The fourth-order valence-corrected chi connectivity index (χ4v) is 4.23. The van der Waals surface area contributed by atoms with Crippen LogP contribution in [0.4, 0.5) is 0 Å². The lowest BCUT2D eigenvalue weighted by atomic mass is 10.1. The SMILES string of the molecule is CSC1(CNS(=O)(=O)c2cc(C#CCN)ccc2C)CC1. The van der Waals surface area contributed by atoms with E-state index < -0.39 is 10.0 Å². The van der Waals surface area contributed by atoms with E-state index in [1.54, 1.807) is 36.9 Å². The number of thioether (sulfide) groups is 1. The van der Waals surface area contributed by atoms with Gasteiger partial charge in [-0.2, -0.15) is 11.8 Å². The lowest BCUT2D eigenvalue weighted by molar-refractivity contribution is 0.579. The second kappa shape index (κ2) is 6.41. The molecule has 1 aliphatic rings. The second-order valence-electron chi connectivity index (χ2n) is 5.20. The average molecular weight is 324 g/mol. The summed E-state index contributed by atoms with van der Waals surface area (Å²) >= 11 is 1.73. The summed E-state index contributed by atoms with van der Waals surface area (Å²) in [6.45, 7) is 2.52. The molecule has 0 heterocycles. The van der Waals surface area contributed by atoms with Crippen molar-refractivity contribution in [2.45, 2.75) is 29.4 Å². The van der Waals surface area contributed by atoms with Crippen molar-refractivity contribution in [3.8, 4) is 11.8 Å². The molecule has 114 valence electrons. The smallest absolute Gasteiger partial charge is 0.240 e. The molecule has 4 nitrogen and oxygen atoms in total. The fourth-order valence-electron chi connectivity index (χ4n) is 2.02. The highest BCUT2D eigenvalue weighted by molar-refractivity contribution is 8.00. The maximum atomic E-state index is 12.5. The Morgan fingerprint density at radius 1 is 1.43 bits per heavy atom. The second-order valence-corrected chi connectivity index (χ2v) is 8.21. The molecule has 1 aromatic carbocycles. The van der Waals surface area contributed by atoms with Crippen LogP contribution in [0, 0.1) is 18.8 Å². The first kappa shape index (κ1) is 16.4. The molecular weight excluding hydrogens is 304 g/mol. The number of nitrogens with two attached hydrogens (primary N) is 1. The molecule has 0 unspecified atom stereocenters. The summed E-state index contributed by atoms with van der Waals surface area (Å²) in [7, 11) is -3.50. The third kappa shape index (κ3) is 4.01. The maximum Gasteiger partial charge on any atom is 0.240 e. The summed E-state index contributed by atoms with van der Waals surface area (Å²) in [5, 5.41) is 0. The molecule has 0 saturated heterocycles. The van der Waals surface area contributed by atoms with Gasteiger partial charge in [0.15, 0.2) is 0 Å². The standard InChI is InChI=1S/C15H20N2O2S2/c1-12-5-6-13(4-3-9-16)10-14(12)21(18,19)17-11-15(20-2)7-8-15/h5-6,10,17H,7-9,11,16H2,1-2H3. The van der Waals surface area contributed by atoms with Crippen LogP contribution >= 0.6 is 11.8 Å². The number of benzene rings is 1. The van der Waals surface area contributed by atoms with Gasteiger partial charge in [0.2, 0.25) is 10.0 Å². The first-order chi connectivity index (χ1) is 9.92. The molecule has 1 saturated carbocycles. The molecule has 0 bridgehead atoms. The van der Waals surface area contributed by atoms with Crippen LogP contribution in [0.15, 0.2) is 23.1 Å². The number of aryl methyl sites for hydroxylation is 1. The van der Waals surface area contributed by atoms with Gasteiger partial charge in [0.1, 0.15) is 0 Å². The van der Waals surface area contributed by atoms with Crippen LogP contribution in [0.3, 0.4) is 0 Å². The lowest BCUT2D eigenvalue weighted by Gasteiger charge is -2.14. The minimum Gasteiger partial charge on any atom is -0.320 e. The normalized spacial score (nSPS) is 16.1. The van der Waals surface area contributed by atoms with Crippen molar-refractivity contribution < 1.29 is 8.42 Å². The Labute approximate surface area is 130 Å². The highest BCUT2D eigenvalue weighted by atomic mass is 32.2. The number of nitrogens with one attached hydrogen (secondary N) is 1. The van der Waals surface area contributed by atoms with E-state index in [0.717, 1.165) is 18.4 Å². The molecule has 0 aromatic heterocycles. The molecule has 1 aliphatic carbocycles. The number of sulfonamides is 1. The van der Waals surface area contributed by atoms with Gasteiger partial charge in [-0.1, -0.05) is 17.9 Å². The molecule has 0 amide bonds. The van der Waals surface area contributed by atoms with E-state index in [2.05, 4.69) is 16.6 Å². The highest BCUT2D eigenvalue weighted by Crippen LogP contribution is 2.46. The molecule has 0 atom stereocenters. The first-order valence-corrected chi connectivity index (χ1v) is 9.48. The Morgan fingerprint density at radius 2 is 2.14 bits per heavy atom. The van der Waals surface area contributed by atoms with Gasteiger partial charge in [-0.05, 0) is 43.7 Å². The molecule has 6 heteroatoms. The van der Waals surface area contributed by atoms with Crippen molar-refractivity contribution in [2.24, 2.45) is 5.73 Å². The summed E-state index contributed by atoms with van der Waals surface area (Å²) in [4.78, 5) is 0.295. The zero-order valence-corrected chi connectivity index (χ0v) is 13.9. The van der Waals surface area contributed by atoms with Gasteiger partial charge >= 0.3 is 0 Å². The van der Waals surface area contributed by atoms with Crippen molar-refractivity contribution in [2.75, 3.05) is 19.3 Å². The van der Waals surface area contributed by atoms with Gasteiger partial charge in [-0.3, -0.25) is 0 Å². The van der Waals surface area contributed by atoms with Gasteiger partial charge in [0.05, 0.1) is 11.4 Å². The van der Waals surface area contributed by atoms with Crippen molar-refractivity contribution in [1.82, 2.24) is 4.72 Å². The highest BCUT2D eigenvalue weighted by Gasteiger charge is 2.42. The molecule has 0 radical (unpaired) electrons. The summed E-state index contributed by atoms with van der Waals surface area (Å²) < 4.78 is 27.8. The van der Waals surface area contributed by atoms with E-state index in [-0.39, 0.29) is 11.3 Å². The van der Waals surface area contributed by atoms with E-state index in [0.29, 0.717) is 17.0 Å². The predicted molar refractivity (Wildman–Crippen MR) is 87.8 cm³/mol. The lowest BCUT2D eigenvalue weighted by Crippen LogP contribution is -2.32. The Morgan fingerprint density at radius 3 is 2.71 bits per heavy atom. The molecule has 2 rings (SSSR count). The van der Waals surface area contributed by atoms with Crippen LogP contribution in [-0.2, 0) is 10.0 Å². The van der Waals surface area contributed by atoms with E-state index in [1.807, 2.05) is 6.26 Å². The largest absolute Gasteiger partial charge is 0.320 e. The summed E-state index contributed by atoms with van der Waals surface area (Å²) in [5.41, 5.74) is 6.72. The van der Waals surface area contributed by atoms with Crippen LogP contribution < -0.4 is 10.5 Å². The molecule has 1 fully saturated rings. The van der Waals surface area contributed by atoms with Gasteiger partial charge in [0.25, 0.3) is 0 Å². The monoisotopic (exact) mass is 324 g/mol. The van der Waals surface area contributed by atoms with Gasteiger partial charge in [-0.15, -0.1) is 0 Å². The average Bonchev–Trinajstić information content (AvgIpc) is 3.25. The Balaban J connectivity index is 2.22. The van der Waals surface area contributed by atoms with Crippen LogP contribution in [0.2, 0.25) is 0 Å². The fraction of sp³-hybridized carbons (Fsp3) is 0.467. The quantitative estimate of drug-likeness (QED) is 0.805. The molecular formula is C15H20N2O2S2. The molecule has 3 N–H and O–H groups in total. The first-order valence-electron chi connectivity index (χ1n) is 6.77. The molecule has 0 aliphatic heterocycles.